The molecule has 0 spiro atoms. The Morgan fingerprint density at radius 2 is 1.77 bits per heavy atom. The van der Waals surface area contributed by atoms with Gasteiger partial charge in [-0.05, 0) is 53.5 Å². The molecule has 2 aliphatic heterocycles. The zero-order valence-electron chi connectivity index (χ0n) is 18.8. The van der Waals surface area contributed by atoms with E-state index in [1.54, 1.807) is 0 Å². The molecule has 4 heteroatoms. The maximum absolute atomic E-state index is 12.4. The Hall–Kier alpha value is -2.49. The number of carbonyl (C=O) groups excluding carboxylic acids is 1. The summed E-state index contributed by atoms with van der Waals surface area (Å²) < 4.78 is 5.37. The number of unbranched alkanes of at least 4 members (excludes halogenated alkanes) is 1. The van der Waals surface area contributed by atoms with Gasteiger partial charge in [-0.25, -0.2) is 4.79 Å². The predicted molar refractivity (Wildman–Crippen MR) is 124 cm³/mol. The highest BCUT2D eigenvalue weighted by Gasteiger charge is 2.42. The second-order valence-electron chi connectivity index (χ2n) is 9.60. The summed E-state index contributed by atoms with van der Waals surface area (Å²) in [6.45, 7) is 11.7. The van der Waals surface area contributed by atoms with Crippen LogP contribution in [-0.2, 0) is 15.6 Å². The number of anilines is 2. The molecule has 0 unspecified atom stereocenters. The lowest BCUT2D eigenvalue weighted by Gasteiger charge is -2.49. The molecular formula is C26H34N2O2. The third kappa shape index (κ3) is 3.68. The first kappa shape index (κ1) is 20.8. The zero-order valence-corrected chi connectivity index (χ0v) is 18.8. The maximum Gasteiger partial charge on any atom is 0.411 e. The van der Waals surface area contributed by atoms with E-state index in [9.17, 15) is 4.79 Å². The molecule has 0 radical (unpaired) electrons. The van der Waals surface area contributed by atoms with Crippen molar-refractivity contribution in [3.63, 3.8) is 0 Å². The summed E-state index contributed by atoms with van der Waals surface area (Å²) in [6.07, 6.45) is 3.71. The molecular weight excluding hydrogens is 372 g/mol. The molecule has 30 heavy (non-hydrogen) atoms. The summed E-state index contributed by atoms with van der Waals surface area (Å²) in [6, 6.07) is 15.1. The Labute approximate surface area is 180 Å². The van der Waals surface area contributed by atoms with Gasteiger partial charge < -0.3 is 9.64 Å². The predicted octanol–water partition coefficient (Wildman–Crippen LogP) is 6.23. The number of nitrogens with zero attached hydrogens (tertiary/aromatic N) is 1. The molecule has 160 valence electrons. The summed E-state index contributed by atoms with van der Waals surface area (Å²) in [7, 11) is 0. The average molecular weight is 407 g/mol. The molecule has 4 rings (SSSR count). The van der Waals surface area contributed by atoms with Gasteiger partial charge in [0.2, 0.25) is 0 Å². The highest BCUT2D eigenvalue weighted by atomic mass is 16.5. The second kappa shape index (κ2) is 7.98. The number of carbonyl (C=O) groups is 1. The smallest absolute Gasteiger partial charge is 0.411 e. The molecule has 2 aromatic rings. The van der Waals surface area contributed by atoms with E-state index in [-0.39, 0.29) is 16.9 Å². The number of rotatable bonds is 5. The largest absolute Gasteiger partial charge is 0.449 e. The van der Waals surface area contributed by atoms with Gasteiger partial charge >= 0.3 is 6.09 Å². The van der Waals surface area contributed by atoms with E-state index in [0.29, 0.717) is 6.61 Å². The number of ether oxygens (including phenoxy) is 1. The molecule has 1 atom stereocenters. The highest BCUT2D eigenvalue weighted by Crippen LogP contribution is 2.52. The lowest BCUT2D eigenvalue weighted by atomic mass is 9.66. The van der Waals surface area contributed by atoms with Crippen LogP contribution in [0.15, 0.2) is 42.5 Å². The molecule has 2 aliphatic rings. The number of hydrogen-bond donors (Lipinski definition) is 1. The first-order valence-corrected chi connectivity index (χ1v) is 11.3. The van der Waals surface area contributed by atoms with Crippen LogP contribution < -0.4 is 10.2 Å². The van der Waals surface area contributed by atoms with E-state index in [1.165, 1.54) is 22.4 Å². The number of nitrogens with one attached hydrogen (secondary N) is 1. The van der Waals surface area contributed by atoms with Crippen molar-refractivity contribution in [1.29, 1.82) is 0 Å². The van der Waals surface area contributed by atoms with Crippen molar-refractivity contribution in [2.45, 2.75) is 64.2 Å². The Bertz CT molecular complexity index is 922. The van der Waals surface area contributed by atoms with Crippen LogP contribution in [-0.4, -0.2) is 25.8 Å². The minimum Gasteiger partial charge on any atom is -0.449 e. The molecule has 0 aliphatic carbocycles. The fourth-order valence-electron chi connectivity index (χ4n) is 4.93. The molecule has 2 heterocycles. The van der Waals surface area contributed by atoms with Gasteiger partial charge in [0, 0.05) is 29.9 Å². The highest BCUT2D eigenvalue weighted by molar-refractivity contribution is 5.87. The monoisotopic (exact) mass is 406 g/mol. The van der Waals surface area contributed by atoms with Crippen LogP contribution in [0.2, 0.25) is 0 Å². The van der Waals surface area contributed by atoms with E-state index in [4.69, 9.17) is 4.74 Å². The van der Waals surface area contributed by atoms with Gasteiger partial charge in [0.25, 0.3) is 0 Å². The van der Waals surface area contributed by atoms with Crippen LogP contribution in [0.25, 0.3) is 0 Å². The first-order chi connectivity index (χ1) is 14.3. The third-order valence-corrected chi connectivity index (χ3v) is 7.03. The fraction of sp³-hybridized carbons (Fsp3) is 0.500. The fourth-order valence-corrected chi connectivity index (χ4v) is 4.93. The topological polar surface area (TPSA) is 41.6 Å². The molecule has 0 saturated heterocycles. The van der Waals surface area contributed by atoms with Gasteiger partial charge in [0.05, 0.1) is 6.61 Å². The second-order valence-corrected chi connectivity index (χ2v) is 9.60. The van der Waals surface area contributed by atoms with Crippen molar-refractivity contribution >= 4 is 17.5 Å². The molecule has 0 fully saturated rings. The zero-order chi connectivity index (χ0) is 21.4. The Balaban J connectivity index is 1.79. The van der Waals surface area contributed by atoms with Crippen molar-refractivity contribution in [2.24, 2.45) is 0 Å². The van der Waals surface area contributed by atoms with Crippen LogP contribution in [0, 0.1) is 0 Å². The van der Waals surface area contributed by atoms with Crippen LogP contribution in [0.4, 0.5) is 16.2 Å². The maximum atomic E-state index is 12.4. The summed E-state index contributed by atoms with van der Waals surface area (Å²) in [5, 5.41) is 3.01. The van der Waals surface area contributed by atoms with Gasteiger partial charge in [-0.15, -0.1) is 0 Å². The molecule has 2 aromatic carbocycles. The summed E-state index contributed by atoms with van der Waals surface area (Å²) in [5.41, 5.74) is 6.17. The van der Waals surface area contributed by atoms with E-state index >= 15 is 0 Å². The Morgan fingerprint density at radius 3 is 2.50 bits per heavy atom. The minimum atomic E-state index is -0.363. The molecule has 1 N–H and O–H groups in total. The lowest BCUT2D eigenvalue weighted by molar-refractivity contribution is 0.160. The normalized spacial score (nSPS) is 21.7. The number of amides is 1. The van der Waals surface area contributed by atoms with Gasteiger partial charge in [-0.1, -0.05) is 64.4 Å². The quantitative estimate of drug-likeness (QED) is 0.598. The van der Waals surface area contributed by atoms with E-state index in [0.717, 1.165) is 44.5 Å². The van der Waals surface area contributed by atoms with Crippen molar-refractivity contribution in [3.05, 3.63) is 59.2 Å². The third-order valence-electron chi connectivity index (χ3n) is 7.03. The Kier molecular flexibility index (Phi) is 5.52. The minimum absolute atomic E-state index is 0.0688. The Morgan fingerprint density at radius 1 is 1.07 bits per heavy atom. The van der Waals surface area contributed by atoms with Gasteiger partial charge in [-0.2, -0.15) is 0 Å². The van der Waals surface area contributed by atoms with E-state index < -0.39 is 0 Å². The van der Waals surface area contributed by atoms with E-state index in [1.807, 2.05) is 0 Å². The summed E-state index contributed by atoms with van der Waals surface area (Å²) in [5.74, 6) is 0. The van der Waals surface area contributed by atoms with Gasteiger partial charge in [-0.3, -0.25) is 5.32 Å². The SMILES string of the molecule is CCCCOC(=O)Nc1cc2c3c(c1)[C@](C)(c1ccccc1)CCN3CCC2(C)C. The molecule has 0 bridgehead atoms. The van der Waals surface area contributed by atoms with E-state index in [2.05, 4.69) is 80.4 Å². The van der Waals surface area contributed by atoms with Crippen LogP contribution >= 0.6 is 0 Å². The molecule has 0 aromatic heterocycles. The molecule has 0 saturated carbocycles. The summed E-state index contributed by atoms with van der Waals surface area (Å²) in [4.78, 5) is 14.9. The van der Waals surface area contributed by atoms with Gasteiger partial charge in [0.1, 0.15) is 0 Å². The van der Waals surface area contributed by atoms with Crippen molar-refractivity contribution in [2.75, 3.05) is 29.9 Å². The van der Waals surface area contributed by atoms with Gasteiger partial charge in [0.15, 0.2) is 0 Å². The molecule has 1 amide bonds. The van der Waals surface area contributed by atoms with Crippen LogP contribution in [0.3, 0.4) is 0 Å². The first-order valence-electron chi connectivity index (χ1n) is 11.3. The number of hydrogen-bond acceptors (Lipinski definition) is 3. The van der Waals surface area contributed by atoms with Crippen molar-refractivity contribution in [3.8, 4) is 0 Å². The van der Waals surface area contributed by atoms with Crippen molar-refractivity contribution < 1.29 is 9.53 Å². The average Bonchev–Trinajstić information content (AvgIpc) is 2.73. The van der Waals surface area contributed by atoms with Crippen LogP contribution in [0.1, 0.15) is 70.1 Å². The van der Waals surface area contributed by atoms with Crippen molar-refractivity contribution in [1.82, 2.24) is 0 Å². The molecule has 4 nitrogen and oxygen atoms in total. The standard InChI is InChI=1S/C26H34N2O2/c1-5-6-16-30-24(29)27-20-17-21-23-22(18-20)26(4,19-10-8-7-9-11-19)13-15-28(23)14-12-25(21,2)3/h7-11,17-18H,5-6,12-16H2,1-4H3,(H,27,29)/t26-/m0/s1. The number of benzene rings is 2. The summed E-state index contributed by atoms with van der Waals surface area (Å²) >= 11 is 0. The van der Waals surface area contributed by atoms with Crippen LogP contribution in [0.5, 0.6) is 0 Å². The lowest BCUT2D eigenvalue weighted by Crippen LogP contribution is -2.46.